The number of benzene rings is 1. The molecule has 0 radical (unpaired) electrons. The van der Waals surface area contributed by atoms with Crippen molar-refractivity contribution in [3.05, 3.63) is 51.6 Å². The summed E-state index contributed by atoms with van der Waals surface area (Å²) in [5.41, 5.74) is 0.413. The van der Waals surface area contributed by atoms with Crippen molar-refractivity contribution in [2.75, 3.05) is 5.32 Å². The molecule has 1 aromatic carbocycles. The Balaban J connectivity index is 1.84. The predicted molar refractivity (Wildman–Crippen MR) is 103 cm³/mol. The summed E-state index contributed by atoms with van der Waals surface area (Å²) in [5, 5.41) is 10.2. The third-order valence-corrected chi connectivity index (χ3v) is 5.68. The van der Waals surface area contributed by atoms with Crippen LogP contribution in [0.4, 0.5) is 18.9 Å². The summed E-state index contributed by atoms with van der Waals surface area (Å²) in [5.74, 6) is -0.356. The number of hydrogen-bond acceptors (Lipinski definition) is 4. The summed E-state index contributed by atoms with van der Waals surface area (Å²) < 4.78 is 40.3. The van der Waals surface area contributed by atoms with Crippen molar-refractivity contribution in [2.45, 2.75) is 30.4 Å². The Kier molecular flexibility index (Phi) is 5.79. The van der Waals surface area contributed by atoms with E-state index in [4.69, 9.17) is 23.2 Å². The van der Waals surface area contributed by atoms with Crippen molar-refractivity contribution in [1.82, 2.24) is 14.6 Å². The molecule has 5 nitrogen and oxygen atoms in total. The number of carbonyl (C=O) groups is 1. The van der Waals surface area contributed by atoms with Gasteiger partial charge in [0.05, 0.1) is 15.8 Å². The van der Waals surface area contributed by atoms with E-state index in [0.29, 0.717) is 16.3 Å². The van der Waals surface area contributed by atoms with Crippen LogP contribution in [0.15, 0.2) is 35.6 Å². The molecule has 1 amide bonds. The van der Waals surface area contributed by atoms with Crippen LogP contribution in [0.2, 0.25) is 10.0 Å². The fourth-order valence-electron chi connectivity index (χ4n) is 2.36. The van der Waals surface area contributed by atoms with Crippen LogP contribution in [-0.2, 0) is 11.0 Å². The lowest BCUT2D eigenvalue weighted by Crippen LogP contribution is -2.23. The Bertz CT molecular complexity index is 1050. The van der Waals surface area contributed by atoms with Crippen molar-refractivity contribution in [3.8, 4) is 0 Å². The Labute approximate surface area is 172 Å². The lowest BCUT2D eigenvalue weighted by molar-refractivity contribution is -0.137. The first-order valence-electron chi connectivity index (χ1n) is 7.92. The van der Waals surface area contributed by atoms with E-state index in [1.54, 1.807) is 32.0 Å². The second-order valence-corrected chi connectivity index (χ2v) is 8.03. The number of fused-ring (bicyclic) bond motifs is 1. The third-order valence-electron chi connectivity index (χ3n) is 3.93. The van der Waals surface area contributed by atoms with Gasteiger partial charge in [-0.15, -0.1) is 10.2 Å². The number of nitrogens with zero attached hydrogens (tertiary/aromatic N) is 3. The normalized spacial score (nSPS) is 13.0. The smallest absolute Gasteiger partial charge is 0.325 e. The molecule has 148 valence electrons. The number of thioether (sulfide) groups is 1. The van der Waals surface area contributed by atoms with Crippen LogP contribution in [-0.4, -0.2) is 25.8 Å². The molecule has 3 aromatic rings. The van der Waals surface area contributed by atoms with E-state index in [-0.39, 0.29) is 21.7 Å². The van der Waals surface area contributed by atoms with Gasteiger partial charge < -0.3 is 5.32 Å². The molecule has 0 saturated carbocycles. The van der Waals surface area contributed by atoms with Gasteiger partial charge in [-0.25, -0.2) is 0 Å². The van der Waals surface area contributed by atoms with Gasteiger partial charge in [0.15, 0.2) is 10.8 Å². The summed E-state index contributed by atoms with van der Waals surface area (Å²) in [6, 6.07) is 5.90. The van der Waals surface area contributed by atoms with Crippen molar-refractivity contribution in [1.29, 1.82) is 0 Å². The minimum atomic E-state index is -4.57. The van der Waals surface area contributed by atoms with Crippen LogP contribution in [0, 0.1) is 6.92 Å². The van der Waals surface area contributed by atoms with Crippen molar-refractivity contribution >= 4 is 52.2 Å². The zero-order valence-electron chi connectivity index (χ0n) is 14.5. The van der Waals surface area contributed by atoms with Crippen LogP contribution in [0.3, 0.4) is 0 Å². The lowest BCUT2D eigenvalue weighted by Gasteiger charge is -2.14. The zero-order chi connectivity index (χ0) is 20.6. The van der Waals surface area contributed by atoms with Crippen LogP contribution in [0.25, 0.3) is 5.65 Å². The molecule has 0 aliphatic carbocycles. The molecule has 0 saturated heterocycles. The Morgan fingerprint density at radius 1 is 1.25 bits per heavy atom. The first-order valence-corrected chi connectivity index (χ1v) is 9.55. The molecule has 0 bridgehead atoms. The fraction of sp³-hybridized carbons (Fsp3) is 0.235. The number of aromatic nitrogens is 3. The maximum Gasteiger partial charge on any atom is 0.417 e. The highest BCUT2D eigenvalue weighted by Gasteiger charge is 2.32. The van der Waals surface area contributed by atoms with Gasteiger partial charge in [0.25, 0.3) is 0 Å². The van der Waals surface area contributed by atoms with E-state index in [0.717, 1.165) is 28.4 Å². The first-order chi connectivity index (χ1) is 13.1. The third kappa shape index (κ3) is 4.21. The van der Waals surface area contributed by atoms with Crippen molar-refractivity contribution in [3.63, 3.8) is 0 Å². The molecular weight excluding hydrogens is 436 g/mol. The molecule has 3 rings (SSSR count). The highest BCUT2D eigenvalue weighted by molar-refractivity contribution is 8.00. The molecule has 0 aliphatic heterocycles. The molecule has 2 aromatic heterocycles. The maximum absolute atomic E-state index is 13.0. The number of carbonyl (C=O) groups excluding carboxylic acids is 1. The predicted octanol–water partition coefficient (Wildman–Crippen LogP) is 5.48. The van der Waals surface area contributed by atoms with Crippen LogP contribution < -0.4 is 5.32 Å². The van der Waals surface area contributed by atoms with Gasteiger partial charge in [0.1, 0.15) is 0 Å². The van der Waals surface area contributed by atoms with Crippen molar-refractivity contribution in [2.24, 2.45) is 0 Å². The second-order valence-electron chi connectivity index (χ2n) is 5.91. The van der Waals surface area contributed by atoms with E-state index in [9.17, 15) is 18.0 Å². The van der Waals surface area contributed by atoms with E-state index >= 15 is 0 Å². The average Bonchev–Trinajstić information content (AvgIpc) is 3.01. The Morgan fingerprint density at radius 3 is 2.64 bits per heavy atom. The van der Waals surface area contributed by atoms with Gasteiger partial charge in [0.2, 0.25) is 5.91 Å². The molecule has 1 atom stereocenters. The fourth-order valence-corrected chi connectivity index (χ4v) is 3.60. The topological polar surface area (TPSA) is 59.3 Å². The van der Waals surface area contributed by atoms with E-state index < -0.39 is 17.0 Å². The quantitative estimate of drug-likeness (QED) is 0.536. The van der Waals surface area contributed by atoms with Gasteiger partial charge >= 0.3 is 6.18 Å². The number of pyridine rings is 1. The second kappa shape index (κ2) is 7.81. The van der Waals surface area contributed by atoms with E-state index in [1.807, 2.05) is 0 Å². The van der Waals surface area contributed by atoms with Crippen LogP contribution in [0.5, 0.6) is 0 Å². The molecule has 11 heteroatoms. The Hall–Kier alpha value is -1.97. The van der Waals surface area contributed by atoms with E-state index in [1.165, 1.54) is 0 Å². The van der Waals surface area contributed by atoms with Crippen molar-refractivity contribution < 1.29 is 18.0 Å². The molecule has 0 aliphatic rings. The highest BCUT2D eigenvalue weighted by atomic mass is 35.5. The molecular formula is C17H13Cl2F3N4OS. The van der Waals surface area contributed by atoms with Gasteiger partial charge in [-0.1, -0.05) is 41.0 Å². The minimum Gasteiger partial charge on any atom is -0.325 e. The van der Waals surface area contributed by atoms with Gasteiger partial charge in [-0.05, 0) is 37.6 Å². The summed E-state index contributed by atoms with van der Waals surface area (Å²) in [6.45, 7) is 3.37. The number of anilines is 1. The molecule has 1 N–H and O–H groups in total. The minimum absolute atomic E-state index is 0.0791. The highest BCUT2D eigenvalue weighted by Crippen LogP contribution is 2.34. The average molecular weight is 449 g/mol. The first kappa shape index (κ1) is 20.8. The summed E-state index contributed by atoms with van der Waals surface area (Å²) in [4.78, 5) is 12.5. The number of nitrogens with one attached hydrogen (secondary N) is 1. The molecule has 2 heterocycles. The SMILES string of the molecule is Cc1c(Cl)cccc1NC(=O)C(C)Sc1nnc2c(Cl)cc(C(F)(F)F)cn12. The molecule has 1 unspecified atom stereocenters. The largest absolute Gasteiger partial charge is 0.417 e. The molecule has 28 heavy (non-hydrogen) atoms. The number of alkyl halides is 3. The van der Waals surface area contributed by atoms with Crippen LogP contribution >= 0.6 is 35.0 Å². The monoisotopic (exact) mass is 448 g/mol. The van der Waals surface area contributed by atoms with E-state index in [2.05, 4.69) is 15.5 Å². The van der Waals surface area contributed by atoms with Gasteiger partial charge in [-0.3, -0.25) is 9.20 Å². The molecule has 0 fully saturated rings. The summed E-state index contributed by atoms with van der Waals surface area (Å²) >= 11 is 12.9. The molecule has 0 spiro atoms. The number of rotatable bonds is 4. The summed E-state index contributed by atoms with van der Waals surface area (Å²) in [6.07, 6.45) is -3.72. The standard InChI is InChI=1S/C17H13Cl2F3N4OS/c1-8-11(18)4-3-5-13(8)23-15(27)9(2)28-16-25-24-14-12(19)6-10(7-26(14)16)17(20,21)22/h3-7,9H,1-2H3,(H,23,27). The van der Waals surface area contributed by atoms with Gasteiger partial charge in [0, 0.05) is 16.9 Å². The lowest BCUT2D eigenvalue weighted by atomic mass is 10.2. The van der Waals surface area contributed by atoms with Gasteiger partial charge in [-0.2, -0.15) is 13.2 Å². The zero-order valence-corrected chi connectivity index (χ0v) is 16.8. The Morgan fingerprint density at radius 2 is 1.96 bits per heavy atom. The number of hydrogen-bond donors (Lipinski definition) is 1. The number of halogens is 5. The maximum atomic E-state index is 13.0. The number of amides is 1. The van der Waals surface area contributed by atoms with Crippen LogP contribution in [0.1, 0.15) is 18.1 Å². The summed E-state index contributed by atoms with van der Waals surface area (Å²) in [7, 11) is 0.